The van der Waals surface area contributed by atoms with Gasteiger partial charge in [0.2, 0.25) is 0 Å². The van der Waals surface area contributed by atoms with Gasteiger partial charge in [-0.2, -0.15) is 0 Å². The molecular formula is C21H18N6. The van der Waals surface area contributed by atoms with E-state index in [0.717, 1.165) is 38.9 Å². The van der Waals surface area contributed by atoms with Crippen molar-refractivity contribution >= 4 is 11.4 Å². The van der Waals surface area contributed by atoms with E-state index >= 15 is 0 Å². The van der Waals surface area contributed by atoms with Crippen LogP contribution in [0.25, 0.3) is 43.1 Å². The van der Waals surface area contributed by atoms with Crippen molar-refractivity contribution in [1.29, 1.82) is 0 Å². The molecule has 0 aromatic heterocycles. The van der Waals surface area contributed by atoms with Crippen LogP contribution in [-0.2, 0) is 0 Å². The van der Waals surface area contributed by atoms with Crippen LogP contribution >= 0.6 is 0 Å². The third-order valence-corrected chi connectivity index (χ3v) is 4.83. The number of rotatable bonds is 4. The second-order valence-corrected chi connectivity index (χ2v) is 6.26. The highest BCUT2D eigenvalue weighted by Crippen LogP contribution is 2.38. The van der Waals surface area contributed by atoms with Crippen molar-refractivity contribution < 1.29 is 0 Å². The van der Waals surface area contributed by atoms with Crippen LogP contribution in [0.1, 0.15) is 16.7 Å². The van der Waals surface area contributed by atoms with E-state index in [9.17, 15) is 0 Å². The van der Waals surface area contributed by atoms with Crippen molar-refractivity contribution in [3.63, 3.8) is 0 Å². The molecule has 0 aliphatic rings. The van der Waals surface area contributed by atoms with Gasteiger partial charge in [-0.15, -0.1) is 0 Å². The maximum Gasteiger partial charge on any atom is 0.0410 e. The Morgan fingerprint density at radius 2 is 0.889 bits per heavy atom. The Balaban J connectivity index is 2.23. The van der Waals surface area contributed by atoms with Gasteiger partial charge in [0, 0.05) is 21.2 Å². The molecule has 0 spiro atoms. The number of hydrogen-bond donors (Lipinski definition) is 0. The average molecular weight is 354 g/mol. The fourth-order valence-corrected chi connectivity index (χ4v) is 3.36. The molecule has 0 atom stereocenters. The highest BCUT2D eigenvalue weighted by atomic mass is 15.1. The van der Waals surface area contributed by atoms with Gasteiger partial charge >= 0.3 is 0 Å². The largest absolute Gasteiger partial charge is 0.0612 e. The topological polar surface area (TPSA) is 97.5 Å². The van der Waals surface area contributed by atoms with Gasteiger partial charge in [0.1, 0.15) is 0 Å². The van der Waals surface area contributed by atoms with E-state index in [4.69, 9.17) is 11.1 Å². The Morgan fingerprint density at radius 1 is 0.556 bits per heavy atom. The molecule has 0 heterocycles. The zero-order valence-corrected chi connectivity index (χ0v) is 15.4. The van der Waals surface area contributed by atoms with Crippen molar-refractivity contribution in [2.75, 3.05) is 0 Å². The Hall–Kier alpha value is -3.72. The number of nitrogens with zero attached hydrogens (tertiary/aromatic N) is 6. The van der Waals surface area contributed by atoms with Gasteiger partial charge in [0.15, 0.2) is 0 Å². The van der Waals surface area contributed by atoms with E-state index in [-0.39, 0.29) is 0 Å². The molecule has 6 heteroatoms. The van der Waals surface area contributed by atoms with Crippen LogP contribution in [0.4, 0.5) is 11.4 Å². The monoisotopic (exact) mass is 354 g/mol. The second kappa shape index (κ2) is 7.67. The predicted octanol–water partition coefficient (Wildman–Crippen LogP) is 7.83. The van der Waals surface area contributed by atoms with Crippen molar-refractivity contribution in [1.82, 2.24) is 0 Å². The van der Waals surface area contributed by atoms with Crippen LogP contribution in [0.3, 0.4) is 0 Å². The van der Waals surface area contributed by atoms with Gasteiger partial charge < -0.3 is 0 Å². The first-order valence-corrected chi connectivity index (χ1v) is 8.48. The lowest BCUT2D eigenvalue weighted by Gasteiger charge is -2.16. The molecular weight excluding hydrogens is 336 g/mol. The summed E-state index contributed by atoms with van der Waals surface area (Å²) in [6.07, 6.45) is 0. The van der Waals surface area contributed by atoms with E-state index in [1.54, 1.807) is 0 Å². The molecule has 0 aliphatic carbocycles. The van der Waals surface area contributed by atoms with Crippen LogP contribution in [-0.4, -0.2) is 0 Å². The van der Waals surface area contributed by atoms with E-state index in [0.29, 0.717) is 11.4 Å². The van der Waals surface area contributed by atoms with Crippen LogP contribution in [0.5, 0.6) is 0 Å². The van der Waals surface area contributed by atoms with E-state index < -0.39 is 0 Å². The van der Waals surface area contributed by atoms with Gasteiger partial charge in [-0.05, 0) is 70.8 Å². The minimum absolute atomic E-state index is 0.626. The van der Waals surface area contributed by atoms with Gasteiger partial charge in [-0.25, -0.2) is 0 Å². The third kappa shape index (κ3) is 3.35. The Kier molecular flexibility index (Phi) is 5.13. The van der Waals surface area contributed by atoms with Crippen molar-refractivity contribution in [2.24, 2.45) is 10.2 Å². The summed E-state index contributed by atoms with van der Waals surface area (Å²) in [6.45, 7) is 5.99. The Labute approximate surface area is 157 Å². The Morgan fingerprint density at radius 3 is 1.26 bits per heavy atom. The minimum atomic E-state index is 0.626. The van der Waals surface area contributed by atoms with Crippen LogP contribution in [0, 0.1) is 20.8 Å². The molecule has 132 valence electrons. The molecule has 0 radical (unpaired) electrons. The summed E-state index contributed by atoms with van der Waals surface area (Å²) in [4.78, 5) is 5.83. The van der Waals surface area contributed by atoms with E-state index in [1.807, 2.05) is 56.3 Å². The molecule has 3 aromatic carbocycles. The molecule has 6 nitrogen and oxygen atoms in total. The first-order chi connectivity index (χ1) is 13.1. The van der Waals surface area contributed by atoms with E-state index in [2.05, 4.69) is 39.1 Å². The molecule has 0 saturated heterocycles. The molecule has 0 bridgehead atoms. The van der Waals surface area contributed by atoms with Gasteiger partial charge in [0.05, 0.1) is 0 Å². The van der Waals surface area contributed by atoms with Crippen molar-refractivity contribution in [3.8, 4) is 22.3 Å². The zero-order valence-electron chi connectivity index (χ0n) is 15.4. The smallest absolute Gasteiger partial charge is 0.0410 e. The van der Waals surface area contributed by atoms with Gasteiger partial charge in [-0.1, -0.05) is 64.8 Å². The highest BCUT2D eigenvalue weighted by Gasteiger charge is 2.13. The molecule has 0 saturated carbocycles. The first-order valence-electron chi connectivity index (χ1n) is 8.48. The van der Waals surface area contributed by atoms with Crippen molar-refractivity contribution in [2.45, 2.75) is 20.8 Å². The second-order valence-electron chi connectivity index (χ2n) is 6.26. The molecule has 0 aliphatic heterocycles. The molecule has 0 amide bonds. The quantitative estimate of drug-likeness (QED) is 0.259. The molecule has 0 unspecified atom stereocenters. The summed E-state index contributed by atoms with van der Waals surface area (Å²) in [5.74, 6) is 0. The zero-order chi connectivity index (χ0) is 19.4. The van der Waals surface area contributed by atoms with Gasteiger partial charge in [0.25, 0.3) is 0 Å². The maximum atomic E-state index is 8.78. The summed E-state index contributed by atoms with van der Waals surface area (Å²) in [5, 5.41) is 7.57. The lowest BCUT2D eigenvalue weighted by molar-refractivity contribution is 1.34. The SMILES string of the molecule is Cc1c(N=[N+]=[N-])cccc1-c1cccc(-c2cccc(N=[N+]=[N-])c2C)c1C. The number of benzene rings is 3. The molecule has 0 N–H and O–H groups in total. The minimum Gasteiger partial charge on any atom is -0.0612 e. The first kappa shape index (κ1) is 18.1. The van der Waals surface area contributed by atoms with Crippen LogP contribution < -0.4 is 0 Å². The fraction of sp³-hybridized carbons (Fsp3) is 0.143. The lowest BCUT2D eigenvalue weighted by atomic mass is 9.89. The fourth-order valence-electron chi connectivity index (χ4n) is 3.36. The van der Waals surface area contributed by atoms with Gasteiger partial charge in [-0.3, -0.25) is 0 Å². The summed E-state index contributed by atoms with van der Waals surface area (Å²) >= 11 is 0. The lowest BCUT2D eigenvalue weighted by Crippen LogP contribution is -1.92. The molecule has 3 rings (SSSR count). The molecule has 27 heavy (non-hydrogen) atoms. The highest BCUT2D eigenvalue weighted by molar-refractivity contribution is 5.83. The molecule has 3 aromatic rings. The molecule has 0 fully saturated rings. The average Bonchev–Trinajstić information content (AvgIpc) is 2.66. The normalized spacial score (nSPS) is 10.0. The summed E-state index contributed by atoms with van der Waals surface area (Å²) in [5.41, 5.74) is 26.0. The summed E-state index contributed by atoms with van der Waals surface area (Å²) in [7, 11) is 0. The number of hydrogen-bond acceptors (Lipinski definition) is 2. The number of azide groups is 2. The summed E-state index contributed by atoms with van der Waals surface area (Å²) < 4.78 is 0. The predicted molar refractivity (Wildman–Crippen MR) is 109 cm³/mol. The van der Waals surface area contributed by atoms with Crippen LogP contribution in [0.15, 0.2) is 64.8 Å². The summed E-state index contributed by atoms with van der Waals surface area (Å²) in [6, 6.07) is 17.6. The van der Waals surface area contributed by atoms with Crippen molar-refractivity contribution in [3.05, 3.63) is 92.2 Å². The maximum absolute atomic E-state index is 8.78. The Bertz CT molecular complexity index is 1030. The third-order valence-electron chi connectivity index (χ3n) is 4.83. The standard InChI is InChI=1S/C21H18N6/c1-13-16(18-9-5-11-20(14(18)2)24-26-22)7-4-8-17(13)19-10-6-12-21(15(19)3)25-27-23/h4-12H,1-3H3. The van der Waals surface area contributed by atoms with E-state index in [1.165, 1.54) is 0 Å². The van der Waals surface area contributed by atoms with Crippen LogP contribution in [0.2, 0.25) is 0 Å².